The van der Waals surface area contributed by atoms with Crippen LogP contribution in [-0.2, 0) is 9.53 Å². The average molecular weight is 97.1 g/mol. The highest BCUT2D eigenvalue weighted by Gasteiger charge is 2.06. The zero-order chi connectivity index (χ0) is 5.28. The van der Waals surface area contributed by atoms with Gasteiger partial charge < -0.3 is 4.74 Å². The Morgan fingerprint density at radius 3 is 2.43 bits per heavy atom. The van der Waals surface area contributed by atoms with Crippen LogP contribution in [0.5, 0.6) is 0 Å². The maximum Gasteiger partial charge on any atom is 0.337 e. The normalized spacial score (nSPS) is 17.7. The molecule has 1 N–H and O–H groups in total. The van der Waals surface area contributed by atoms with Gasteiger partial charge in [0.15, 0.2) is 0 Å². The fraction of sp³-hybridized carbons (Fsp3) is 0. The van der Waals surface area contributed by atoms with Crippen molar-refractivity contribution in [3.8, 4) is 0 Å². The van der Waals surface area contributed by atoms with Gasteiger partial charge in [-0.25, -0.2) is 4.79 Å². The SMILES string of the molecule is N=C1C=CC(=O)O1. The number of cyclic esters (lactones) is 1. The van der Waals surface area contributed by atoms with Gasteiger partial charge in [0.05, 0.1) is 0 Å². The summed E-state index contributed by atoms with van der Waals surface area (Å²) in [6.45, 7) is 0. The summed E-state index contributed by atoms with van der Waals surface area (Å²) < 4.78 is 4.19. The number of carbonyl (C=O) groups is 1. The maximum atomic E-state index is 10.0. The van der Waals surface area contributed by atoms with Crippen molar-refractivity contribution in [1.29, 1.82) is 5.41 Å². The average Bonchev–Trinajstić information content (AvgIpc) is 1.87. The molecule has 0 aromatic carbocycles. The fourth-order valence-corrected chi connectivity index (χ4v) is 0.320. The molecule has 0 spiro atoms. The van der Waals surface area contributed by atoms with Crippen LogP contribution >= 0.6 is 0 Å². The van der Waals surface area contributed by atoms with Crippen LogP contribution in [0.2, 0.25) is 0 Å². The Hall–Kier alpha value is -1.12. The zero-order valence-electron chi connectivity index (χ0n) is 3.47. The van der Waals surface area contributed by atoms with E-state index >= 15 is 0 Å². The minimum absolute atomic E-state index is 0.0787. The van der Waals surface area contributed by atoms with Crippen LogP contribution in [0.4, 0.5) is 0 Å². The van der Waals surface area contributed by atoms with Gasteiger partial charge in [0.1, 0.15) is 0 Å². The molecule has 3 nitrogen and oxygen atoms in total. The van der Waals surface area contributed by atoms with E-state index in [1.165, 1.54) is 12.2 Å². The highest BCUT2D eigenvalue weighted by molar-refractivity contribution is 6.06. The van der Waals surface area contributed by atoms with Gasteiger partial charge in [-0.05, 0) is 0 Å². The molecule has 0 saturated carbocycles. The molecule has 0 aromatic heterocycles. The quantitative estimate of drug-likeness (QED) is 0.435. The molecule has 1 aliphatic heterocycles. The van der Waals surface area contributed by atoms with Crippen molar-refractivity contribution in [1.82, 2.24) is 0 Å². The van der Waals surface area contributed by atoms with E-state index in [1.54, 1.807) is 0 Å². The van der Waals surface area contributed by atoms with E-state index in [1.807, 2.05) is 0 Å². The van der Waals surface area contributed by atoms with Crippen LogP contribution < -0.4 is 0 Å². The van der Waals surface area contributed by atoms with Gasteiger partial charge in [-0.1, -0.05) is 0 Å². The summed E-state index contributed by atoms with van der Waals surface area (Å²) in [6.07, 6.45) is 2.52. The Labute approximate surface area is 40.1 Å². The van der Waals surface area contributed by atoms with Crippen molar-refractivity contribution in [3.05, 3.63) is 12.2 Å². The van der Waals surface area contributed by atoms with Crippen molar-refractivity contribution < 1.29 is 9.53 Å². The molecule has 0 saturated heterocycles. The molecule has 0 unspecified atom stereocenters. The van der Waals surface area contributed by atoms with Gasteiger partial charge in [0.25, 0.3) is 0 Å². The molecule has 3 heteroatoms. The second-order valence-corrected chi connectivity index (χ2v) is 1.12. The minimum Gasteiger partial charge on any atom is -0.405 e. The molecule has 1 aliphatic rings. The third-order valence-corrected chi connectivity index (χ3v) is 0.581. The van der Waals surface area contributed by atoms with Gasteiger partial charge in [-0.15, -0.1) is 0 Å². The standard InChI is InChI=1S/C4H3NO2/c5-3-1-2-4(6)7-3/h1-2,5H. The van der Waals surface area contributed by atoms with Crippen LogP contribution in [0.1, 0.15) is 0 Å². The van der Waals surface area contributed by atoms with Crippen LogP contribution in [-0.4, -0.2) is 11.9 Å². The van der Waals surface area contributed by atoms with E-state index in [9.17, 15) is 4.79 Å². The van der Waals surface area contributed by atoms with Crippen LogP contribution in [0.15, 0.2) is 12.2 Å². The lowest BCUT2D eigenvalue weighted by atomic mass is 10.6. The predicted octanol–water partition coefficient (Wildman–Crippen LogP) is 0.0767. The number of carbonyl (C=O) groups excluding carboxylic acids is 1. The molecule has 0 aliphatic carbocycles. The summed E-state index contributed by atoms with van der Waals surface area (Å²) in [4.78, 5) is 10.0. The first kappa shape index (κ1) is 4.05. The third kappa shape index (κ3) is 0.652. The molecule has 0 bridgehead atoms. The van der Waals surface area contributed by atoms with E-state index in [2.05, 4.69) is 4.74 Å². The summed E-state index contributed by atoms with van der Waals surface area (Å²) in [5.74, 6) is -0.532. The first-order valence-electron chi connectivity index (χ1n) is 1.77. The summed E-state index contributed by atoms with van der Waals surface area (Å²) in [7, 11) is 0. The van der Waals surface area contributed by atoms with Crippen LogP contribution in [0, 0.1) is 5.41 Å². The molecule has 0 aromatic rings. The van der Waals surface area contributed by atoms with Crippen molar-refractivity contribution in [2.45, 2.75) is 0 Å². The third-order valence-electron chi connectivity index (χ3n) is 0.581. The van der Waals surface area contributed by atoms with Crippen molar-refractivity contribution in [2.24, 2.45) is 0 Å². The highest BCUT2D eigenvalue weighted by atomic mass is 16.5. The molecule has 1 rings (SSSR count). The van der Waals surface area contributed by atoms with Crippen molar-refractivity contribution in [2.75, 3.05) is 0 Å². The molecule has 0 amide bonds. The molecule has 1 heterocycles. The summed E-state index contributed by atoms with van der Waals surface area (Å²) in [5.41, 5.74) is 0. The minimum atomic E-state index is -0.454. The topological polar surface area (TPSA) is 50.2 Å². The molecular formula is C4H3NO2. The monoisotopic (exact) mass is 97.0 g/mol. The predicted molar refractivity (Wildman–Crippen MR) is 23.0 cm³/mol. The fourth-order valence-electron chi connectivity index (χ4n) is 0.320. The van der Waals surface area contributed by atoms with Gasteiger partial charge in [-0.3, -0.25) is 5.41 Å². The second kappa shape index (κ2) is 1.18. The molecule has 0 atom stereocenters. The maximum absolute atomic E-state index is 10.0. The Kier molecular flexibility index (Phi) is 0.685. The van der Waals surface area contributed by atoms with E-state index in [-0.39, 0.29) is 5.90 Å². The lowest BCUT2D eigenvalue weighted by Gasteiger charge is -1.83. The van der Waals surface area contributed by atoms with Gasteiger partial charge in [0, 0.05) is 12.2 Å². The van der Waals surface area contributed by atoms with Crippen LogP contribution in [0.3, 0.4) is 0 Å². The zero-order valence-corrected chi connectivity index (χ0v) is 3.47. The number of hydrogen-bond donors (Lipinski definition) is 1. The van der Waals surface area contributed by atoms with E-state index in [4.69, 9.17) is 5.41 Å². The van der Waals surface area contributed by atoms with Crippen LogP contribution in [0.25, 0.3) is 0 Å². The lowest BCUT2D eigenvalue weighted by molar-refractivity contribution is -0.129. The van der Waals surface area contributed by atoms with Crippen molar-refractivity contribution in [3.63, 3.8) is 0 Å². The van der Waals surface area contributed by atoms with Gasteiger partial charge >= 0.3 is 5.97 Å². The summed E-state index contributed by atoms with van der Waals surface area (Å²) in [6, 6.07) is 0. The van der Waals surface area contributed by atoms with E-state index in [0.29, 0.717) is 0 Å². The summed E-state index contributed by atoms with van der Waals surface area (Å²) in [5, 5.41) is 6.65. The number of ether oxygens (including phenoxy) is 1. The molecule has 36 valence electrons. The first-order chi connectivity index (χ1) is 3.29. The van der Waals surface area contributed by atoms with Gasteiger partial charge in [-0.2, -0.15) is 0 Å². The smallest absolute Gasteiger partial charge is 0.337 e. The Bertz CT molecular complexity index is 132. The number of nitrogens with one attached hydrogen (secondary N) is 1. The Balaban J connectivity index is 2.76. The molecular weight excluding hydrogens is 94.0 g/mol. The number of esters is 1. The number of hydrogen-bond acceptors (Lipinski definition) is 3. The first-order valence-corrected chi connectivity index (χ1v) is 1.77. The molecule has 0 fully saturated rings. The molecule has 7 heavy (non-hydrogen) atoms. The number of rotatable bonds is 0. The van der Waals surface area contributed by atoms with E-state index in [0.717, 1.165) is 0 Å². The lowest BCUT2D eigenvalue weighted by Crippen LogP contribution is -1.95. The second-order valence-electron chi connectivity index (χ2n) is 1.12. The van der Waals surface area contributed by atoms with Crippen molar-refractivity contribution >= 4 is 11.9 Å². The largest absolute Gasteiger partial charge is 0.405 e. The molecule has 0 radical (unpaired) electrons. The van der Waals surface area contributed by atoms with E-state index < -0.39 is 5.97 Å². The van der Waals surface area contributed by atoms with Gasteiger partial charge in [0.2, 0.25) is 5.90 Å². The summed E-state index contributed by atoms with van der Waals surface area (Å²) >= 11 is 0. The Morgan fingerprint density at radius 1 is 1.57 bits per heavy atom. The Morgan fingerprint density at radius 2 is 2.29 bits per heavy atom. The highest BCUT2D eigenvalue weighted by Crippen LogP contribution is 1.93.